The summed E-state index contributed by atoms with van der Waals surface area (Å²) in [4.78, 5) is 12.5. The molecule has 176 valence electrons. The van der Waals surface area contributed by atoms with Crippen molar-refractivity contribution in [1.82, 2.24) is 5.43 Å². The summed E-state index contributed by atoms with van der Waals surface area (Å²) in [5.74, 6) is 1.29. The number of carbonyl (C=O) groups is 1. The summed E-state index contributed by atoms with van der Waals surface area (Å²) in [5.41, 5.74) is 5.97. The SMILES string of the molecule is C=CCOc1ccc(C(=O)N/N=C/c2cc(Br)c(OCc3ccc(C)cc3)c(Br)c2)cc1OC. The highest BCUT2D eigenvalue weighted by Gasteiger charge is 2.12. The topological polar surface area (TPSA) is 69.2 Å². The van der Waals surface area contributed by atoms with Gasteiger partial charge in [-0.25, -0.2) is 5.43 Å². The Kier molecular flexibility index (Phi) is 9.30. The van der Waals surface area contributed by atoms with Crippen molar-refractivity contribution in [3.05, 3.63) is 98.5 Å². The Morgan fingerprint density at radius 3 is 2.38 bits per heavy atom. The summed E-state index contributed by atoms with van der Waals surface area (Å²) in [6.45, 7) is 6.45. The van der Waals surface area contributed by atoms with Gasteiger partial charge in [0.15, 0.2) is 11.5 Å². The zero-order valence-corrected chi connectivity index (χ0v) is 22.0. The van der Waals surface area contributed by atoms with Gasteiger partial charge in [-0.2, -0.15) is 5.10 Å². The highest BCUT2D eigenvalue weighted by atomic mass is 79.9. The predicted molar refractivity (Wildman–Crippen MR) is 141 cm³/mol. The van der Waals surface area contributed by atoms with E-state index < -0.39 is 0 Å². The van der Waals surface area contributed by atoms with Crippen LogP contribution in [0.15, 0.2) is 81.3 Å². The highest BCUT2D eigenvalue weighted by Crippen LogP contribution is 2.35. The minimum absolute atomic E-state index is 0.340. The molecule has 0 bridgehead atoms. The van der Waals surface area contributed by atoms with Gasteiger partial charge in [0.05, 0.1) is 22.3 Å². The molecule has 0 atom stereocenters. The van der Waals surface area contributed by atoms with Crippen molar-refractivity contribution in [3.8, 4) is 17.2 Å². The van der Waals surface area contributed by atoms with Crippen LogP contribution >= 0.6 is 31.9 Å². The van der Waals surface area contributed by atoms with E-state index in [0.717, 1.165) is 20.1 Å². The third-order valence-corrected chi connectivity index (χ3v) is 5.86. The van der Waals surface area contributed by atoms with Crippen LogP contribution in [0.4, 0.5) is 0 Å². The summed E-state index contributed by atoms with van der Waals surface area (Å²) < 4.78 is 18.3. The first-order chi connectivity index (χ1) is 16.4. The van der Waals surface area contributed by atoms with Gasteiger partial charge in [-0.15, -0.1) is 0 Å². The first-order valence-corrected chi connectivity index (χ1v) is 11.9. The van der Waals surface area contributed by atoms with E-state index in [0.29, 0.717) is 36.0 Å². The lowest BCUT2D eigenvalue weighted by atomic mass is 10.2. The second kappa shape index (κ2) is 12.4. The molecular formula is C26H24Br2N2O4. The average Bonchev–Trinajstić information content (AvgIpc) is 2.83. The number of nitrogens with zero attached hydrogens (tertiary/aromatic N) is 1. The first-order valence-electron chi connectivity index (χ1n) is 10.3. The summed E-state index contributed by atoms with van der Waals surface area (Å²) in [6, 6.07) is 16.8. The zero-order chi connectivity index (χ0) is 24.5. The fraction of sp³-hybridized carbons (Fsp3) is 0.154. The molecule has 0 saturated heterocycles. The van der Waals surface area contributed by atoms with Crippen LogP contribution in [0.25, 0.3) is 0 Å². The summed E-state index contributed by atoms with van der Waals surface area (Å²) >= 11 is 7.09. The van der Waals surface area contributed by atoms with Gasteiger partial charge < -0.3 is 14.2 Å². The maximum absolute atomic E-state index is 12.5. The highest BCUT2D eigenvalue weighted by molar-refractivity contribution is 9.11. The van der Waals surface area contributed by atoms with E-state index in [2.05, 4.69) is 61.1 Å². The monoisotopic (exact) mass is 586 g/mol. The number of amides is 1. The molecule has 1 amide bonds. The van der Waals surface area contributed by atoms with Crippen molar-refractivity contribution in [1.29, 1.82) is 0 Å². The number of rotatable bonds is 10. The lowest BCUT2D eigenvalue weighted by Gasteiger charge is -2.12. The number of hydrogen-bond acceptors (Lipinski definition) is 5. The average molecular weight is 588 g/mol. The van der Waals surface area contributed by atoms with E-state index in [1.54, 1.807) is 30.5 Å². The molecule has 0 fully saturated rings. The minimum Gasteiger partial charge on any atom is -0.493 e. The number of hydrogen-bond donors (Lipinski definition) is 1. The van der Waals surface area contributed by atoms with Crippen LogP contribution in [0, 0.1) is 6.92 Å². The molecule has 34 heavy (non-hydrogen) atoms. The molecule has 0 spiro atoms. The van der Waals surface area contributed by atoms with Crippen LogP contribution in [0.3, 0.4) is 0 Å². The van der Waals surface area contributed by atoms with Gasteiger partial charge in [-0.05, 0) is 80.2 Å². The molecule has 0 saturated carbocycles. The summed E-state index contributed by atoms with van der Waals surface area (Å²) in [5, 5.41) is 4.07. The number of ether oxygens (including phenoxy) is 3. The second-order valence-corrected chi connectivity index (χ2v) is 8.96. The molecule has 1 N–H and O–H groups in total. The van der Waals surface area contributed by atoms with Gasteiger partial charge in [0.25, 0.3) is 5.91 Å². The minimum atomic E-state index is -0.374. The molecule has 0 radical (unpaired) electrons. The number of halogens is 2. The summed E-state index contributed by atoms with van der Waals surface area (Å²) in [7, 11) is 1.51. The smallest absolute Gasteiger partial charge is 0.271 e. The van der Waals surface area contributed by atoms with Crippen molar-refractivity contribution in [2.24, 2.45) is 5.10 Å². The van der Waals surface area contributed by atoms with Crippen LogP contribution in [0.2, 0.25) is 0 Å². The van der Waals surface area contributed by atoms with E-state index in [1.165, 1.54) is 12.7 Å². The molecule has 3 rings (SSSR count). The van der Waals surface area contributed by atoms with Gasteiger partial charge >= 0.3 is 0 Å². The largest absolute Gasteiger partial charge is 0.493 e. The molecular weight excluding hydrogens is 564 g/mol. The Hall–Kier alpha value is -3.10. The maximum Gasteiger partial charge on any atom is 0.271 e. The summed E-state index contributed by atoms with van der Waals surface area (Å²) in [6.07, 6.45) is 3.18. The van der Waals surface area contributed by atoms with Crippen molar-refractivity contribution < 1.29 is 19.0 Å². The molecule has 8 heteroatoms. The van der Waals surface area contributed by atoms with E-state index in [-0.39, 0.29) is 5.91 Å². The van der Waals surface area contributed by atoms with Crippen LogP contribution in [-0.4, -0.2) is 25.8 Å². The molecule has 0 aliphatic heterocycles. The molecule has 6 nitrogen and oxygen atoms in total. The van der Waals surface area contributed by atoms with Crippen molar-refractivity contribution in [2.75, 3.05) is 13.7 Å². The quantitative estimate of drug-likeness (QED) is 0.168. The first kappa shape index (κ1) is 25.5. The molecule has 0 aliphatic rings. The molecule has 3 aromatic carbocycles. The number of benzene rings is 3. The normalized spacial score (nSPS) is 10.7. The number of carbonyl (C=O) groups excluding carboxylic acids is 1. The Morgan fingerprint density at radius 2 is 1.74 bits per heavy atom. The standard InChI is InChI=1S/C26H24Br2N2O4/c1-4-11-33-23-10-9-20(14-24(23)32-3)26(31)30-29-15-19-12-21(27)25(22(28)13-19)34-16-18-7-5-17(2)6-8-18/h4-10,12-15H,1,11,16H2,2-3H3,(H,30,31)/b29-15+. The number of aryl methyl sites for hydroxylation is 1. The predicted octanol–water partition coefficient (Wildman–Crippen LogP) is 6.44. The van der Waals surface area contributed by atoms with E-state index >= 15 is 0 Å². The number of hydrazone groups is 1. The van der Waals surface area contributed by atoms with Crippen LogP contribution in [0.5, 0.6) is 17.2 Å². The fourth-order valence-electron chi connectivity index (χ4n) is 2.94. The Labute approximate surface area is 215 Å². The molecule has 0 heterocycles. The Balaban J connectivity index is 1.63. The van der Waals surface area contributed by atoms with Crippen LogP contribution < -0.4 is 19.6 Å². The van der Waals surface area contributed by atoms with Crippen molar-refractivity contribution in [3.63, 3.8) is 0 Å². The lowest BCUT2D eigenvalue weighted by molar-refractivity contribution is 0.0954. The van der Waals surface area contributed by atoms with Crippen molar-refractivity contribution >= 4 is 44.0 Å². The second-order valence-electron chi connectivity index (χ2n) is 7.25. The number of nitrogens with one attached hydrogen (secondary N) is 1. The third-order valence-electron chi connectivity index (χ3n) is 4.69. The zero-order valence-electron chi connectivity index (χ0n) is 18.8. The molecule has 0 aliphatic carbocycles. The molecule has 3 aromatic rings. The molecule has 0 unspecified atom stereocenters. The van der Waals surface area contributed by atoms with Crippen molar-refractivity contribution in [2.45, 2.75) is 13.5 Å². The van der Waals surface area contributed by atoms with Crippen LogP contribution in [-0.2, 0) is 6.61 Å². The lowest BCUT2D eigenvalue weighted by Crippen LogP contribution is -2.17. The van der Waals surface area contributed by atoms with Crippen LogP contribution in [0.1, 0.15) is 27.0 Å². The van der Waals surface area contributed by atoms with Gasteiger partial charge in [0.2, 0.25) is 0 Å². The molecule has 0 aromatic heterocycles. The fourth-order valence-corrected chi connectivity index (χ4v) is 4.39. The van der Waals surface area contributed by atoms with Gasteiger partial charge in [0, 0.05) is 5.56 Å². The Bertz CT molecular complexity index is 1170. The number of methoxy groups -OCH3 is 1. The Morgan fingerprint density at radius 1 is 1.03 bits per heavy atom. The van der Waals surface area contributed by atoms with E-state index in [4.69, 9.17) is 14.2 Å². The maximum atomic E-state index is 12.5. The van der Waals surface area contributed by atoms with E-state index in [9.17, 15) is 4.79 Å². The van der Waals surface area contributed by atoms with E-state index in [1.807, 2.05) is 31.2 Å². The van der Waals surface area contributed by atoms with Gasteiger partial charge in [-0.1, -0.05) is 42.5 Å². The van der Waals surface area contributed by atoms with Gasteiger partial charge in [-0.3, -0.25) is 4.79 Å². The van der Waals surface area contributed by atoms with Gasteiger partial charge in [0.1, 0.15) is 19.0 Å². The third kappa shape index (κ3) is 6.95.